The fourth-order valence-corrected chi connectivity index (χ4v) is 2.92. The van der Waals surface area contributed by atoms with Crippen LogP contribution in [0, 0.1) is 10.1 Å². The highest BCUT2D eigenvalue weighted by atomic mass is 16.6. The van der Waals surface area contributed by atoms with E-state index in [2.05, 4.69) is 15.5 Å². The minimum atomic E-state index is -0.493. The van der Waals surface area contributed by atoms with Gasteiger partial charge in [-0.25, -0.2) is 0 Å². The van der Waals surface area contributed by atoms with Crippen LogP contribution in [0.5, 0.6) is 5.75 Å². The Morgan fingerprint density at radius 1 is 0.933 bits per heavy atom. The van der Waals surface area contributed by atoms with Gasteiger partial charge in [-0.2, -0.15) is 5.10 Å². The minimum Gasteiger partial charge on any atom is -0.508 e. The maximum atomic E-state index is 12.4. The second kappa shape index (κ2) is 7.88. The van der Waals surface area contributed by atoms with Crippen molar-refractivity contribution < 1.29 is 14.8 Å². The monoisotopic (exact) mass is 400 g/mol. The van der Waals surface area contributed by atoms with Crippen molar-refractivity contribution in [3.63, 3.8) is 0 Å². The molecule has 0 saturated carbocycles. The van der Waals surface area contributed by atoms with Crippen molar-refractivity contribution in [3.05, 3.63) is 94.5 Å². The number of nitro groups is 1. The first kappa shape index (κ1) is 18.9. The summed E-state index contributed by atoms with van der Waals surface area (Å²) in [5.41, 5.74) is 4.15. The normalized spacial score (nSPS) is 10.5. The van der Waals surface area contributed by atoms with E-state index in [0.29, 0.717) is 11.3 Å². The van der Waals surface area contributed by atoms with Crippen LogP contribution in [0.2, 0.25) is 0 Å². The second-order valence-electron chi connectivity index (χ2n) is 6.55. The lowest BCUT2D eigenvalue weighted by molar-refractivity contribution is -0.384. The molecule has 4 rings (SSSR count). The van der Waals surface area contributed by atoms with E-state index >= 15 is 0 Å². The van der Waals surface area contributed by atoms with Crippen LogP contribution >= 0.6 is 0 Å². The fourth-order valence-electron chi connectivity index (χ4n) is 2.92. The number of H-pyrrole nitrogens is 1. The summed E-state index contributed by atoms with van der Waals surface area (Å²) in [4.78, 5) is 22.6. The Bertz CT molecular complexity index is 1200. The van der Waals surface area contributed by atoms with E-state index in [1.54, 1.807) is 48.5 Å². The van der Waals surface area contributed by atoms with Crippen molar-refractivity contribution in [1.82, 2.24) is 10.2 Å². The van der Waals surface area contributed by atoms with Gasteiger partial charge in [0, 0.05) is 28.9 Å². The van der Waals surface area contributed by atoms with Crippen LogP contribution in [0.3, 0.4) is 0 Å². The standard InChI is InChI=1S/C22H16N4O4/c27-19-11-5-15(6-12-19)21-13-20(24-25-21)14-1-3-16(4-2-14)22(28)23-17-7-9-18(10-8-17)26(29)30/h1-13,27H,(H,23,28)(H,24,25). The van der Waals surface area contributed by atoms with Gasteiger partial charge in [-0.05, 0) is 60.2 Å². The van der Waals surface area contributed by atoms with E-state index in [-0.39, 0.29) is 17.3 Å². The molecule has 3 N–H and O–H groups in total. The Balaban J connectivity index is 1.46. The number of nitrogens with zero attached hydrogens (tertiary/aromatic N) is 2. The quantitative estimate of drug-likeness (QED) is 0.334. The predicted octanol–water partition coefficient (Wildman–Crippen LogP) is 4.61. The average molecular weight is 400 g/mol. The van der Waals surface area contributed by atoms with Crippen LogP contribution < -0.4 is 5.32 Å². The summed E-state index contributed by atoms with van der Waals surface area (Å²) < 4.78 is 0. The molecule has 0 atom stereocenters. The van der Waals surface area contributed by atoms with Crippen LogP contribution in [0.1, 0.15) is 10.4 Å². The van der Waals surface area contributed by atoms with Crippen molar-refractivity contribution in [2.24, 2.45) is 0 Å². The molecule has 1 aromatic heterocycles. The third-order valence-electron chi connectivity index (χ3n) is 4.54. The van der Waals surface area contributed by atoms with E-state index in [1.807, 2.05) is 6.07 Å². The van der Waals surface area contributed by atoms with Gasteiger partial charge in [-0.15, -0.1) is 0 Å². The number of carbonyl (C=O) groups excluding carboxylic acids is 1. The number of anilines is 1. The van der Waals surface area contributed by atoms with Crippen LogP contribution in [-0.4, -0.2) is 26.1 Å². The Kier molecular flexibility index (Phi) is 4.96. The molecule has 0 aliphatic heterocycles. The number of hydrogen-bond acceptors (Lipinski definition) is 5. The maximum absolute atomic E-state index is 12.4. The first-order valence-electron chi connectivity index (χ1n) is 9.01. The molecule has 1 amide bonds. The van der Waals surface area contributed by atoms with Gasteiger partial charge in [-0.3, -0.25) is 20.0 Å². The second-order valence-corrected chi connectivity index (χ2v) is 6.55. The van der Waals surface area contributed by atoms with Gasteiger partial charge in [0.2, 0.25) is 0 Å². The number of phenolic OH excluding ortho intramolecular Hbond substituents is 1. The number of aromatic amines is 1. The molecular formula is C22H16N4O4. The zero-order valence-corrected chi connectivity index (χ0v) is 15.6. The smallest absolute Gasteiger partial charge is 0.269 e. The van der Waals surface area contributed by atoms with Crippen LogP contribution in [0.4, 0.5) is 11.4 Å². The van der Waals surface area contributed by atoms with Gasteiger partial charge in [0.25, 0.3) is 11.6 Å². The number of rotatable bonds is 5. The number of benzene rings is 3. The summed E-state index contributed by atoms with van der Waals surface area (Å²) in [5.74, 6) is -0.123. The third-order valence-corrected chi connectivity index (χ3v) is 4.54. The van der Waals surface area contributed by atoms with Crippen molar-refractivity contribution in [2.75, 3.05) is 5.32 Å². The highest BCUT2D eigenvalue weighted by Crippen LogP contribution is 2.25. The van der Waals surface area contributed by atoms with E-state index in [9.17, 15) is 20.0 Å². The Morgan fingerprint density at radius 2 is 1.57 bits per heavy atom. The molecule has 0 saturated heterocycles. The van der Waals surface area contributed by atoms with Crippen molar-refractivity contribution in [2.45, 2.75) is 0 Å². The molecule has 30 heavy (non-hydrogen) atoms. The first-order valence-corrected chi connectivity index (χ1v) is 9.01. The molecule has 8 nitrogen and oxygen atoms in total. The fraction of sp³-hybridized carbons (Fsp3) is 0. The highest BCUT2D eigenvalue weighted by molar-refractivity contribution is 6.04. The van der Waals surface area contributed by atoms with Crippen molar-refractivity contribution in [1.29, 1.82) is 0 Å². The van der Waals surface area contributed by atoms with Gasteiger partial charge in [-0.1, -0.05) is 12.1 Å². The van der Waals surface area contributed by atoms with E-state index in [0.717, 1.165) is 22.5 Å². The Hall–Kier alpha value is -4.46. The summed E-state index contributed by atoms with van der Waals surface area (Å²) in [6, 6.07) is 21.3. The molecule has 0 radical (unpaired) electrons. The molecule has 0 fully saturated rings. The molecule has 4 aromatic rings. The van der Waals surface area contributed by atoms with Crippen LogP contribution in [-0.2, 0) is 0 Å². The van der Waals surface area contributed by atoms with Gasteiger partial charge in [0.1, 0.15) is 5.75 Å². The van der Waals surface area contributed by atoms with Gasteiger partial charge >= 0.3 is 0 Å². The molecule has 0 spiro atoms. The van der Waals surface area contributed by atoms with Gasteiger partial charge < -0.3 is 10.4 Å². The summed E-state index contributed by atoms with van der Waals surface area (Å²) >= 11 is 0. The molecule has 0 unspecified atom stereocenters. The molecular weight excluding hydrogens is 384 g/mol. The highest BCUT2D eigenvalue weighted by Gasteiger charge is 2.10. The number of phenols is 1. The maximum Gasteiger partial charge on any atom is 0.269 e. The summed E-state index contributed by atoms with van der Waals surface area (Å²) in [7, 11) is 0. The predicted molar refractivity (Wildman–Crippen MR) is 112 cm³/mol. The number of hydrogen-bond donors (Lipinski definition) is 3. The van der Waals surface area contributed by atoms with Crippen molar-refractivity contribution in [3.8, 4) is 28.3 Å². The van der Waals surface area contributed by atoms with Crippen molar-refractivity contribution >= 4 is 17.3 Å². The lowest BCUT2D eigenvalue weighted by atomic mass is 10.1. The molecule has 3 aromatic carbocycles. The Morgan fingerprint density at radius 3 is 2.20 bits per heavy atom. The molecule has 0 aliphatic rings. The largest absolute Gasteiger partial charge is 0.508 e. The summed E-state index contributed by atoms with van der Waals surface area (Å²) in [6.07, 6.45) is 0. The number of nitro benzene ring substituents is 1. The average Bonchev–Trinajstić information content (AvgIpc) is 3.25. The topological polar surface area (TPSA) is 121 Å². The van der Waals surface area contributed by atoms with Crippen LogP contribution in [0.15, 0.2) is 78.9 Å². The molecule has 0 bridgehead atoms. The number of nitrogens with one attached hydrogen (secondary N) is 2. The number of carbonyl (C=O) groups is 1. The van der Waals surface area contributed by atoms with Gasteiger partial charge in [0.05, 0.1) is 16.3 Å². The van der Waals surface area contributed by atoms with E-state index in [4.69, 9.17) is 0 Å². The lowest BCUT2D eigenvalue weighted by Gasteiger charge is -2.06. The Labute approximate surface area is 171 Å². The number of non-ortho nitro benzene ring substituents is 1. The van der Waals surface area contributed by atoms with Crippen LogP contribution in [0.25, 0.3) is 22.5 Å². The van der Waals surface area contributed by atoms with E-state index < -0.39 is 4.92 Å². The molecule has 1 heterocycles. The molecule has 0 aliphatic carbocycles. The summed E-state index contributed by atoms with van der Waals surface area (Å²) in [5, 5.41) is 30.1. The molecule has 8 heteroatoms. The number of aromatic hydroxyl groups is 1. The zero-order valence-electron chi connectivity index (χ0n) is 15.6. The summed E-state index contributed by atoms with van der Waals surface area (Å²) in [6.45, 7) is 0. The lowest BCUT2D eigenvalue weighted by Crippen LogP contribution is -2.11. The number of aromatic nitrogens is 2. The first-order chi connectivity index (χ1) is 14.5. The minimum absolute atomic E-state index is 0.0383. The van der Waals surface area contributed by atoms with Gasteiger partial charge in [0.15, 0.2) is 0 Å². The SMILES string of the molecule is O=C(Nc1ccc([N+](=O)[O-])cc1)c1ccc(-c2cc(-c3ccc(O)cc3)n[nH]2)cc1. The van der Waals surface area contributed by atoms with E-state index in [1.165, 1.54) is 24.3 Å². The molecule has 148 valence electrons. The zero-order chi connectivity index (χ0) is 21.1. The third kappa shape index (κ3) is 4.02. The number of amides is 1.